The molecule has 0 aromatic heterocycles. The Hall–Kier alpha value is -2.40. The van der Waals surface area contributed by atoms with Gasteiger partial charge in [0.2, 0.25) is 11.8 Å². The van der Waals surface area contributed by atoms with Gasteiger partial charge in [-0.25, -0.2) is 4.39 Å². The monoisotopic (exact) mass is 360 g/mol. The summed E-state index contributed by atoms with van der Waals surface area (Å²) in [5.74, 6) is -1.38. The van der Waals surface area contributed by atoms with E-state index in [0.29, 0.717) is 5.69 Å². The van der Waals surface area contributed by atoms with E-state index in [1.54, 1.807) is 0 Å². The Labute approximate surface area is 150 Å². The smallest absolute Gasteiger partial charge is 0.229 e. The minimum atomic E-state index is -0.540. The van der Waals surface area contributed by atoms with Crippen LogP contribution in [0.4, 0.5) is 15.8 Å². The van der Waals surface area contributed by atoms with Crippen LogP contribution in [0.2, 0.25) is 5.02 Å². The van der Waals surface area contributed by atoms with Crippen molar-refractivity contribution in [2.24, 2.45) is 5.92 Å². The third kappa shape index (κ3) is 3.51. The van der Waals surface area contributed by atoms with Crippen molar-refractivity contribution in [1.29, 1.82) is 0 Å². The molecule has 1 aliphatic rings. The van der Waals surface area contributed by atoms with Crippen LogP contribution in [-0.2, 0) is 9.59 Å². The Morgan fingerprint density at radius 2 is 2.04 bits per heavy atom. The van der Waals surface area contributed by atoms with Gasteiger partial charge in [-0.2, -0.15) is 0 Å². The van der Waals surface area contributed by atoms with Gasteiger partial charge in [0.05, 0.1) is 10.9 Å². The van der Waals surface area contributed by atoms with E-state index in [0.717, 1.165) is 16.8 Å². The highest BCUT2D eigenvalue weighted by Gasteiger charge is 2.35. The van der Waals surface area contributed by atoms with Crippen LogP contribution in [0.5, 0.6) is 0 Å². The number of nitrogens with one attached hydrogen (secondary N) is 1. The summed E-state index contributed by atoms with van der Waals surface area (Å²) in [7, 11) is 0. The number of carbonyl (C=O) groups excluding carboxylic acids is 2. The molecular formula is C19H18ClFN2O2. The van der Waals surface area contributed by atoms with Gasteiger partial charge in [0.15, 0.2) is 0 Å². The van der Waals surface area contributed by atoms with Crippen molar-refractivity contribution in [2.45, 2.75) is 20.3 Å². The summed E-state index contributed by atoms with van der Waals surface area (Å²) in [5.41, 5.74) is 3.34. The van der Waals surface area contributed by atoms with Crippen LogP contribution in [-0.4, -0.2) is 18.4 Å². The maximum absolute atomic E-state index is 13.3. The zero-order valence-electron chi connectivity index (χ0n) is 14.0. The predicted octanol–water partition coefficient (Wildman–Crippen LogP) is 4.09. The lowest BCUT2D eigenvalue weighted by Crippen LogP contribution is -2.28. The molecule has 0 spiro atoms. The average molecular weight is 361 g/mol. The number of hydrogen-bond acceptors (Lipinski definition) is 2. The number of benzene rings is 2. The molecule has 2 amide bonds. The van der Waals surface area contributed by atoms with Crippen LogP contribution >= 0.6 is 11.6 Å². The minimum absolute atomic E-state index is 0.0476. The van der Waals surface area contributed by atoms with Crippen LogP contribution in [0, 0.1) is 25.6 Å². The van der Waals surface area contributed by atoms with E-state index in [-0.39, 0.29) is 29.8 Å². The number of hydrogen-bond donors (Lipinski definition) is 1. The molecule has 6 heteroatoms. The number of anilines is 2. The number of aryl methyl sites for hydroxylation is 1. The fourth-order valence-electron chi connectivity index (χ4n) is 2.91. The van der Waals surface area contributed by atoms with Crippen LogP contribution in [0.1, 0.15) is 17.5 Å². The first-order valence-corrected chi connectivity index (χ1v) is 8.37. The molecule has 1 fully saturated rings. The van der Waals surface area contributed by atoms with Gasteiger partial charge in [-0.05, 0) is 49.2 Å². The van der Waals surface area contributed by atoms with Crippen LogP contribution in [0.3, 0.4) is 0 Å². The lowest BCUT2D eigenvalue weighted by molar-refractivity contribution is -0.122. The predicted molar refractivity (Wildman–Crippen MR) is 96.4 cm³/mol. The first kappa shape index (κ1) is 17.4. The Morgan fingerprint density at radius 3 is 2.76 bits per heavy atom. The van der Waals surface area contributed by atoms with Crippen molar-refractivity contribution in [3.05, 3.63) is 58.4 Å². The molecule has 3 rings (SSSR count). The molecule has 130 valence electrons. The van der Waals surface area contributed by atoms with Crippen LogP contribution in [0.25, 0.3) is 0 Å². The van der Waals surface area contributed by atoms with E-state index in [4.69, 9.17) is 11.6 Å². The SMILES string of the molecule is Cc1cccc(NC(=O)C2CC(=O)N(c3ccc(F)c(Cl)c3)C2)c1C. The highest BCUT2D eigenvalue weighted by molar-refractivity contribution is 6.31. The fourth-order valence-corrected chi connectivity index (χ4v) is 3.08. The topological polar surface area (TPSA) is 49.4 Å². The van der Waals surface area contributed by atoms with E-state index in [9.17, 15) is 14.0 Å². The van der Waals surface area contributed by atoms with Gasteiger partial charge >= 0.3 is 0 Å². The number of halogens is 2. The number of amides is 2. The largest absolute Gasteiger partial charge is 0.326 e. The Balaban J connectivity index is 1.74. The molecule has 0 saturated carbocycles. The van der Waals surface area contributed by atoms with Crippen molar-refractivity contribution in [2.75, 3.05) is 16.8 Å². The summed E-state index contributed by atoms with van der Waals surface area (Å²) in [6, 6.07) is 9.81. The molecule has 0 aliphatic carbocycles. The summed E-state index contributed by atoms with van der Waals surface area (Å²) in [6.45, 7) is 4.17. The molecule has 1 heterocycles. The number of nitrogens with zero attached hydrogens (tertiary/aromatic N) is 1. The number of carbonyl (C=O) groups is 2. The van der Waals surface area contributed by atoms with Crippen molar-refractivity contribution >= 4 is 34.8 Å². The van der Waals surface area contributed by atoms with E-state index >= 15 is 0 Å². The van der Waals surface area contributed by atoms with Crippen LogP contribution in [0.15, 0.2) is 36.4 Å². The van der Waals surface area contributed by atoms with E-state index < -0.39 is 11.7 Å². The van der Waals surface area contributed by atoms with Gasteiger partial charge in [-0.15, -0.1) is 0 Å². The molecule has 25 heavy (non-hydrogen) atoms. The number of rotatable bonds is 3. The molecule has 0 radical (unpaired) electrons. The van der Waals surface area contributed by atoms with Gasteiger partial charge in [-0.1, -0.05) is 23.7 Å². The third-order valence-corrected chi connectivity index (χ3v) is 4.86. The molecule has 1 saturated heterocycles. The van der Waals surface area contributed by atoms with Crippen molar-refractivity contribution in [3.63, 3.8) is 0 Å². The molecule has 1 unspecified atom stereocenters. The second kappa shape index (κ2) is 6.84. The summed E-state index contributed by atoms with van der Waals surface area (Å²) >= 11 is 5.79. The first-order chi connectivity index (χ1) is 11.9. The summed E-state index contributed by atoms with van der Waals surface area (Å²) in [4.78, 5) is 26.3. The van der Waals surface area contributed by atoms with E-state index in [1.807, 2.05) is 32.0 Å². The van der Waals surface area contributed by atoms with E-state index in [1.165, 1.54) is 23.1 Å². The minimum Gasteiger partial charge on any atom is -0.326 e. The third-order valence-electron chi connectivity index (χ3n) is 4.57. The van der Waals surface area contributed by atoms with Gasteiger partial charge < -0.3 is 10.2 Å². The van der Waals surface area contributed by atoms with Gasteiger partial charge in [0.1, 0.15) is 5.82 Å². The fraction of sp³-hybridized carbons (Fsp3) is 0.263. The lowest BCUT2D eigenvalue weighted by atomic mass is 10.1. The molecule has 2 aromatic rings. The lowest BCUT2D eigenvalue weighted by Gasteiger charge is -2.17. The zero-order chi connectivity index (χ0) is 18.1. The maximum atomic E-state index is 13.3. The highest BCUT2D eigenvalue weighted by Crippen LogP contribution is 2.29. The summed E-state index contributed by atoms with van der Waals surface area (Å²) in [6.07, 6.45) is 0.117. The molecule has 0 bridgehead atoms. The zero-order valence-corrected chi connectivity index (χ0v) is 14.7. The molecular weight excluding hydrogens is 343 g/mol. The second-order valence-corrected chi connectivity index (χ2v) is 6.65. The summed E-state index contributed by atoms with van der Waals surface area (Å²) in [5, 5.41) is 2.85. The average Bonchev–Trinajstić information content (AvgIpc) is 2.96. The molecule has 1 N–H and O–H groups in total. The summed E-state index contributed by atoms with van der Waals surface area (Å²) < 4.78 is 13.3. The van der Waals surface area contributed by atoms with Crippen LogP contribution < -0.4 is 10.2 Å². The highest BCUT2D eigenvalue weighted by atomic mass is 35.5. The Kier molecular flexibility index (Phi) is 4.77. The van der Waals surface area contributed by atoms with Crippen molar-refractivity contribution < 1.29 is 14.0 Å². The molecule has 4 nitrogen and oxygen atoms in total. The normalized spacial score (nSPS) is 17.0. The van der Waals surface area contributed by atoms with E-state index in [2.05, 4.69) is 5.32 Å². The maximum Gasteiger partial charge on any atom is 0.229 e. The Bertz CT molecular complexity index is 853. The first-order valence-electron chi connectivity index (χ1n) is 7.99. The molecule has 1 atom stereocenters. The van der Waals surface area contributed by atoms with Crippen molar-refractivity contribution in [1.82, 2.24) is 0 Å². The second-order valence-electron chi connectivity index (χ2n) is 6.24. The Morgan fingerprint density at radius 1 is 1.28 bits per heavy atom. The van der Waals surface area contributed by atoms with Gasteiger partial charge in [0, 0.05) is 24.3 Å². The molecule has 2 aromatic carbocycles. The quantitative estimate of drug-likeness (QED) is 0.896. The van der Waals surface area contributed by atoms with Crippen molar-refractivity contribution in [3.8, 4) is 0 Å². The van der Waals surface area contributed by atoms with Gasteiger partial charge in [-0.3, -0.25) is 9.59 Å². The standard InChI is InChI=1S/C19H18ClFN2O2/c1-11-4-3-5-17(12(11)2)22-19(25)13-8-18(24)23(10-13)14-6-7-16(21)15(20)9-14/h3-7,9,13H,8,10H2,1-2H3,(H,22,25). The van der Waals surface area contributed by atoms with Gasteiger partial charge in [0.25, 0.3) is 0 Å². The molecule has 1 aliphatic heterocycles.